The van der Waals surface area contributed by atoms with E-state index in [1.54, 1.807) is 0 Å². The summed E-state index contributed by atoms with van der Waals surface area (Å²) in [6.07, 6.45) is 0. The van der Waals surface area contributed by atoms with Crippen molar-refractivity contribution >= 4 is 48.2 Å². The number of para-hydroxylation sites is 1. The van der Waals surface area contributed by atoms with Crippen LogP contribution in [-0.2, 0) is 17.1 Å². The zero-order valence-electron chi connectivity index (χ0n) is 25.8. The normalized spacial score (nSPS) is 11.3. The maximum absolute atomic E-state index is 2.67. The van der Waals surface area contributed by atoms with Crippen LogP contribution in [0.2, 0.25) is 0 Å². The molecular weight excluding hydrogens is 636 g/mol. The molecule has 0 saturated heterocycles. The van der Waals surface area contributed by atoms with E-state index >= 15 is 0 Å². The number of benzene rings is 5. The van der Waals surface area contributed by atoms with E-state index in [1.807, 2.05) is 30.3 Å². The smallest absolute Gasteiger partial charge is 0.0545 e. The standard InChI is InChI=1S/C37H32NP2.C5H5.Fe/c1-30(36-28-17-29-37(36)39(32-20-9-3-10-21-32)33-22-11-4-12-23-33)38(31-18-7-2-8-19-31)40(34-24-13-5-14-25-34)35-26-15-6-16-27-35;1-2-4-5-3-1;/h2-30H,1H3;1-5H;/q-1;-5;/t30-;;/m1../s1. The molecule has 1 nitrogen and oxygen atoms in total. The van der Waals surface area contributed by atoms with E-state index in [0.29, 0.717) is 0 Å². The maximum atomic E-state index is 2.67. The Morgan fingerprint density at radius 1 is 0.478 bits per heavy atom. The number of rotatable bonds is 9. The van der Waals surface area contributed by atoms with Gasteiger partial charge in [-0.25, -0.2) is 12.1 Å². The van der Waals surface area contributed by atoms with Gasteiger partial charge in [-0.15, -0.1) is 10.9 Å². The molecule has 234 valence electrons. The molecule has 46 heavy (non-hydrogen) atoms. The van der Waals surface area contributed by atoms with Gasteiger partial charge in [-0.2, -0.15) is 6.07 Å². The molecule has 1 atom stereocenters. The fraction of sp³-hybridized carbons (Fsp3) is 0.0476. The topological polar surface area (TPSA) is 3.24 Å². The molecule has 0 bridgehead atoms. The molecule has 0 N–H and O–H groups in total. The Morgan fingerprint density at radius 2 is 0.848 bits per heavy atom. The van der Waals surface area contributed by atoms with E-state index in [4.69, 9.17) is 0 Å². The van der Waals surface area contributed by atoms with E-state index < -0.39 is 16.0 Å². The fourth-order valence-corrected chi connectivity index (χ4v) is 10.7. The molecule has 0 radical (unpaired) electrons. The van der Waals surface area contributed by atoms with Crippen molar-refractivity contribution in [3.8, 4) is 0 Å². The molecule has 7 aromatic rings. The zero-order valence-corrected chi connectivity index (χ0v) is 28.7. The molecule has 0 saturated carbocycles. The Bertz CT molecular complexity index is 1710. The summed E-state index contributed by atoms with van der Waals surface area (Å²) in [5.74, 6) is 0. The van der Waals surface area contributed by atoms with E-state index in [1.165, 1.54) is 37.8 Å². The Hall–Kier alpha value is -4.02. The van der Waals surface area contributed by atoms with Crippen LogP contribution < -0.4 is 31.2 Å². The van der Waals surface area contributed by atoms with Crippen molar-refractivity contribution in [1.29, 1.82) is 0 Å². The average molecular weight is 674 g/mol. The summed E-state index contributed by atoms with van der Waals surface area (Å²) in [6.45, 7) is 2.39. The van der Waals surface area contributed by atoms with Crippen LogP contribution in [0.4, 0.5) is 5.69 Å². The first-order valence-corrected chi connectivity index (χ1v) is 18.0. The second-order valence-corrected chi connectivity index (χ2v) is 14.9. The summed E-state index contributed by atoms with van der Waals surface area (Å²) in [4.78, 5) is 0. The van der Waals surface area contributed by atoms with E-state index in [0.717, 1.165) is 0 Å². The Kier molecular flexibility index (Phi) is 12.4. The molecule has 0 aromatic heterocycles. The average Bonchev–Trinajstić information content (AvgIpc) is 3.86. The van der Waals surface area contributed by atoms with Crippen LogP contribution in [0.25, 0.3) is 0 Å². The molecule has 0 fully saturated rings. The first-order valence-electron chi connectivity index (χ1n) is 15.4. The molecule has 0 amide bonds. The Labute approximate surface area is 287 Å². The van der Waals surface area contributed by atoms with Gasteiger partial charge in [-0.3, -0.25) is 0 Å². The summed E-state index contributed by atoms with van der Waals surface area (Å²) < 4.78 is 2.67. The van der Waals surface area contributed by atoms with Gasteiger partial charge in [0.1, 0.15) is 0 Å². The minimum absolute atomic E-state index is 0. The second kappa shape index (κ2) is 17.1. The summed E-state index contributed by atoms with van der Waals surface area (Å²) >= 11 is 0. The summed E-state index contributed by atoms with van der Waals surface area (Å²) in [6, 6.07) is 72.1. The third-order valence-corrected chi connectivity index (χ3v) is 12.8. The summed E-state index contributed by atoms with van der Waals surface area (Å²) in [7, 11) is -1.54. The van der Waals surface area contributed by atoms with Crippen molar-refractivity contribution in [2.45, 2.75) is 13.0 Å². The zero-order chi connectivity index (χ0) is 30.7. The molecule has 0 aliphatic carbocycles. The number of hydrogen-bond acceptors (Lipinski definition) is 1. The SMILES string of the molecule is C[C@H]([c-]1cccc1P(c1ccccc1)c1ccccc1)N(c1ccccc1)P(c1ccccc1)c1ccccc1.[Fe].[cH-]1[cH-][cH-][cH-][cH-]1. The predicted octanol–water partition coefficient (Wildman–Crippen LogP) is 9.18. The monoisotopic (exact) mass is 673 g/mol. The fourth-order valence-electron chi connectivity index (χ4n) is 5.64. The molecule has 0 aliphatic heterocycles. The van der Waals surface area contributed by atoms with E-state index in [9.17, 15) is 0 Å². The van der Waals surface area contributed by atoms with Crippen LogP contribution in [0.1, 0.15) is 18.5 Å². The van der Waals surface area contributed by atoms with Gasteiger partial charge in [-0.1, -0.05) is 146 Å². The van der Waals surface area contributed by atoms with Crippen LogP contribution >= 0.6 is 16.0 Å². The van der Waals surface area contributed by atoms with Crippen molar-refractivity contribution in [2.75, 3.05) is 4.67 Å². The van der Waals surface area contributed by atoms with Gasteiger partial charge in [0.2, 0.25) is 0 Å². The Morgan fingerprint density at radius 3 is 1.26 bits per heavy atom. The third kappa shape index (κ3) is 8.03. The van der Waals surface area contributed by atoms with E-state index in [2.05, 4.69) is 181 Å². The molecule has 7 rings (SSSR count). The van der Waals surface area contributed by atoms with Gasteiger partial charge in [0.15, 0.2) is 0 Å². The van der Waals surface area contributed by atoms with Crippen LogP contribution in [-0.4, -0.2) is 0 Å². The molecule has 0 spiro atoms. The maximum Gasteiger partial charge on any atom is 0.0545 e. The first kappa shape index (κ1) is 33.3. The molecule has 0 unspecified atom stereocenters. The van der Waals surface area contributed by atoms with Crippen LogP contribution in [0.3, 0.4) is 0 Å². The minimum atomic E-state index is -0.834. The van der Waals surface area contributed by atoms with Crippen molar-refractivity contribution in [3.05, 3.63) is 206 Å². The molecule has 0 aliphatic rings. The van der Waals surface area contributed by atoms with Gasteiger partial charge < -0.3 is 35.0 Å². The van der Waals surface area contributed by atoms with Gasteiger partial charge in [0, 0.05) is 39.4 Å². The second-order valence-electron chi connectivity index (χ2n) is 10.7. The van der Waals surface area contributed by atoms with Gasteiger partial charge >= 0.3 is 0 Å². The molecule has 4 heteroatoms. The number of anilines is 1. The van der Waals surface area contributed by atoms with Crippen molar-refractivity contribution < 1.29 is 17.1 Å². The van der Waals surface area contributed by atoms with Crippen LogP contribution in [0.15, 0.2) is 200 Å². The van der Waals surface area contributed by atoms with Gasteiger partial charge in [0.25, 0.3) is 0 Å². The number of nitrogens with zero attached hydrogens (tertiary/aromatic N) is 1. The van der Waals surface area contributed by atoms with Gasteiger partial charge in [-0.05, 0) is 30.7 Å². The summed E-state index contributed by atoms with van der Waals surface area (Å²) in [5.41, 5.74) is 2.63. The van der Waals surface area contributed by atoms with Gasteiger partial charge in [0.05, 0.1) is 8.07 Å². The molecule has 7 aromatic carbocycles. The van der Waals surface area contributed by atoms with Crippen molar-refractivity contribution in [2.24, 2.45) is 0 Å². The quantitative estimate of drug-likeness (QED) is 0.0840. The Balaban J connectivity index is 0.000000635. The van der Waals surface area contributed by atoms with Crippen LogP contribution in [0.5, 0.6) is 0 Å². The largest absolute Gasteiger partial charge is 0.748 e. The minimum Gasteiger partial charge on any atom is -0.748 e. The first-order chi connectivity index (χ1) is 22.3. The number of hydrogen-bond donors (Lipinski definition) is 0. The third-order valence-electron chi connectivity index (χ3n) is 7.71. The van der Waals surface area contributed by atoms with Crippen molar-refractivity contribution in [3.63, 3.8) is 0 Å². The van der Waals surface area contributed by atoms with Crippen molar-refractivity contribution in [1.82, 2.24) is 0 Å². The van der Waals surface area contributed by atoms with Crippen LogP contribution in [0, 0.1) is 0 Å². The predicted molar refractivity (Wildman–Crippen MR) is 199 cm³/mol. The van der Waals surface area contributed by atoms with E-state index in [-0.39, 0.29) is 23.1 Å². The summed E-state index contributed by atoms with van der Waals surface area (Å²) in [5, 5.41) is 6.88. The molecule has 0 heterocycles. The molecular formula is C42H37FeNP2-6.